The molecule has 1 aliphatic heterocycles. The Morgan fingerprint density at radius 3 is 2.35 bits per heavy atom. The Balaban J connectivity index is 2.18. The normalized spacial score (nSPS) is 17.9. The van der Waals surface area contributed by atoms with Gasteiger partial charge in [-0.25, -0.2) is 4.79 Å². The van der Waals surface area contributed by atoms with E-state index in [0.717, 1.165) is 5.56 Å². The summed E-state index contributed by atoms with van der Waals surface area (Å²) in [5.74, 6) is -3.86. The minimum atomic E-state index is -1.49. The molecule has 1 aliphatic rings. The molecule has 0 spiro atoms. The number of carbonyl (C=O) groups excluding carboxylic acids is 4. The van der Waals surface area contributed by atoms with E-state index in [0.29, 0.717) is 12.8 Å². The van der Waals surface area contributed by atoms with Crippen molar-refractivity contribution in [2.75, 3.05) is 13.2 Å². The van der Waals surface area contributed by atoms with Crippen LogP contribution in [0, 0.1) is 0 Å². The van der Waals surface area contributed by atoms with Crippen molar-refractivity contribution < 1.29 is 34.2 Å². The van der Waals surface area contributed by atoms with Gasteiger partial charge in [0.1, 0.15) is 18.1 Å². The Morgan fingerprint density at radius 1 is 1.09 bits per heavy atom. The van der Waals surface area contributed by atoms with Gasteiger partial charge < -0.3 is 37.2 Å². The number of benzene rings is 1. The molecule has 0 bridgehead atoms. The number of hydrogen-bond acceptors (Lipinski definition) is 7. The number of aliphatic carboxylic acids is 1. The summed E-state index contributed by atoms with van der Waals surface area (Å²) in [5.41, 5.74) is 11.7. The van der Waals surface area contributed by atoms with Crippen molar-refractivity contribution in [3.63, 3.8) is 0 Å². The minimum absolute atomic E-state index is 0.0138. The van der Waals surface area contributed by atoms with Crippen LogP contribution in [0.5, 0.6) is 0 Å². The first-order chi connectivity index (χ1) is 16.1. The van der Waals surface area contributed by atoms with Crippen molar-refractivity contribution in [2.24, 2.45) is 11.5 Å². The van der Waals surface area contributed by atoms with Crippen molar-refractivity contribution in [1.29, 1.82) is 0 Å². The SMILES string of the molecule is NC(=O)CCC(N)C(=O)NC(Cc1ccccc1)C(=O)N1CCCC1C(=O)NC(CO)C(=O)O. The molecule has 0 aliphatic carbocycles. The van der Waals surface area contributed by atoms with Crippen LogP contribution in [0.2, 0.25) is 0 Å². The monoisotopic (exact) mass is 477 g/mol. The largest absolute Gasteiger partial charge is 0.480 e. The van der Waals surface area contributed by atoms with Crippen LogP contribution in [0.3, 0.4) is 0 Å². The molecule has 186 valence electrons. The van der Waals surface area contributed by atoms with Gasteiger partial charge in [0, 0.05) is 19.4 Å². The average Bonchev–Trinajstić information content (AvgIpc) is 3.30. The molecule has 1 fully saturated rings. The summed E-state index contributed by atoms with van der Waals surface area (Å²) < 4.78 is 0. The highest BCUT2D eigenvalue weighted by Crippen LogP contribution is 2.20. The maximum atomic E-state index is 13.4. The molecule has 1 saturated heterocycles. The van der Waals surface area contributed by atoms with Crippen molar-refractivity contribution in [3.8, 4) is 0 Å². The lowest BCUT2D eigenvalue weighted by molar-refractivity contribution is -0.145. The summed E-state index contributed by atoms with van der Waals surface area (Å²) in [4.78, 5) is 62.2. The molecule has 4 amide bonds. The molecule has 2 rings (SSSR count). The summed E-state index contributed by atoms with van der Waals surface area (Å²) in [7, 11) is 0. The van der Waals surface area contributed by atoms with Gasteiger partial charge in [-0.05, 0) is 24.8 Å². The van der Waals surface area contributed by atoms with Gasteiger partial charge in [0.2, 0.25) is 23.6 Å². The van der Waals surface area contributed by atoms with Crippen LogP contribution in [0.1, 0.15) is 31.2 Å². The summed E-state index contributed by atoms with van der Waals surface area (Å²) in [6.45, 7) is -0.555. The van der Waals surface area contributed by atoms with E-state index in [1.807, 2.05) is 0 Å². The Morgan fingerprint density at radius 2 is 1.76 bits per heavy atom. The van der Waals surface area contributed by atoms with Crippen LogP contribution < -0.4 is 22.1 Å². The number of hydrogen-bond donors (Lipinski definition) is 6. The van der Waals surface area contributed by atoms with E-state index in [4.69, 9.17) is 16.6 Å². The van der Waals surface area contributed by atoms with Gasteiger partial charge in [-0.3, -0.25) is 19.2 Å². The first kappa shape index (κ1) is 26.7. The van der Waals surface area contributed by atoms with E-state index in [1.54, 1.807) is 30.3 Å². The van der Waals surface area contributed by atoms with Crippen LogP contribution in [0.15, 0.2) is 30.3 Å². The standard InChI is InChI=1S/C22H31N5O7/c23-14(8-9-18(24)29)19(30)25-15(11-13-5-2-1-3-6-13)21(32)27-10-4-7-17(27)20(31)26-16(12-28)22(33)34/h1-3,5-6,14-17,28H,4,7-12,23H2,(H2,24,29)(H,25,30)(H,26,31)(H,33,34). The second-order valence-corrected chi connectivity index (χ2v) is 8.13. The molecule has 1 heterocycles. The topological polar surface area (TPSA) is 205 Å². The smallest absolute Gasteiger partial charge is 0.328 e. The highest BCUT2D eigenvalue weighted by molar-refractivity contribution is 5.94. The fourth-order valence-electron chi connectivity index (χ4n) is 3.71. The van der Waals surface area contributed by atoms with E-state index in [9.17, 15) is 29.1 Å². The van der Waals surface area contributed by atoms with Gasteiger partial charge in [-0.1, -0.05) is 30.3 Å². The Kier molecular flexibility index (Phi) is 9.95. The van der Waals surface area contributed by atoms with Crippen LogP contribution in [-0.4, -0.2) is 82.0 Å². The molecular formula is C22H31N5O7. The van der Waals surface area contributed by atoms with E-state index >= 15 is 0 Å². The highest BCUT2D eigenvalue weighted by Gasteiger charge is 2.39. The number of nitrogens with one attached hydrogen (secondary N) is 2. The lowest BCUT2D eigenvalue weighted by Crippen LogP contribution is -2.57. The Labute approximate surface area is 196 Å². The van der Waals surface area contributed by atoms with Crippen LogP contribution in [0.4, 0.5) is 0 Å². The molecule has 1 aromatic carbocycles. The third kappa shape index (κ3) is 7.52. The first-order valence-corrected chi connectivity index (χ1v) is 11.0. The second-order valence-electron chi connectivity index (χ2n) is 8.13. The number of aliphatic hydroxyl groups excluding tert-OH is 1. The number of aliphatic hydroxyl groups is 1. The molecule has 8 N–H and O–H groups in total. The van der Waals surface area contributed by atoms with Gasteiger partial charge in [0.15, 0.2) is 0 Å². The quantitative estimate of drug-likeness (QED) is 0.195. The summed E-state index contributed by atoms with van der Waals surface area (Å²) >= 11 is 0. The van der Waals surface area contributed by atoms with Gasteiger partial charge in [0.05, 0.1) is 12.6 Å². The fraction of sp³-hybridized carbons (Fsp3) is 0.500. The maximum Gasteiger partial charge on any atom is 0.328 e. The van der Waals surface area contributed by atoms with E-state index in [2.05, 4.69) is 10.6 Å². The maximum absolute atomic E-state index is 13.4. The summed E-state index contributed by atoms with van der Waals surface area (Å²) in [5, 5.41) is 23.1. The number of carbonyl (C=O) groups is 5. The number of primary amides is 1. The van der Waals surface area contributed by atoms with Crippen molar-refractivity contribution in [2.45, 2.75) is 56.3 Å². The zero-order valence-corrected chi connectivity index (χ0v) is 18.7. The molecule has 0 saturated carbocycles. The second kappa shape index (κ2) is 12.7. The number of carboxylic acids is 1. The number of carboxylic acid groups (broad SMARTS) is 1. The van der Waals surface area contributed by atoms with Crippen LogP contribution in [-0.2, 0) is 30.4 Å². The van der Waals surface area contributed by atoms with Crippen molar-refractivity contribution in [1.82, 2.24) is 15.5 Å². The molecule has 4 unspecified atom stereocenters. The molecule has 0 aromatic heterocycles. The number of likely N-dealkylation sites (tertiary alicyclic amines) is 1. The third-order valence-electron chi connectivity index (χ3n) is 5.57. The van der Waals surface area contributed by atoms with Gasteiger partial charge in [0.25, 0.3) is 0 Å². The third-order valence-corrected chi connectivity index (χ3v) is 5.57. The first-order valence-electron chi connectivity index (χ1n) is 11.0. The zero-order valence-electron chi connectivity index (χ0n) is 18.7. The van der Waals surface area contributed by atoms with Gasteiger partial charge in [-0.15, -0.1) is 0 Å². The Bertz CT molecular complexity index is 895. The van der Waals surface area contributed by atoms with Crippen LogP contribution in [0.25, 0.3) is 0 Å². The molecule has 1 aromatic rings. The van der Waals surface area contributed by atoms with Crippen LogP contribution >= 0.6 is 0 Å². The van der Waals surface area contributed by atoms with Crippen molar-refractivity contribution in [3.05, 3.63) is 35.9 Å². The number of nitrogens with zero attached hydrogens (tertiary/aromatic N) is 1. The lowest BCUT2D eigenvalue weighted by Gasteiger charge is -2.30. The molecule has 4 atom stereocenters. The minimum Gasteiger partial charge on any atom is -0.480 e. The average molecular weight is 478 g/mol. The lowest BCUT2D eigenvalue weighted by atomic mass is 10.0. The number of amides is 4. The molecule has 34 heavy (non-hydrogen) atoms. The molecule has 12 nitrogen and oxygen atoms in total. The van der Waals surface area contributed by atoms with E-state index in [1.165, 1.54) is 4.90 Å². The van der Waals surface area contributed by atoms with Gasteiger partial charge >= 0.3 is 5.97 Å². The summed E-state index contributed by atoms with van der Waals surface area (Å²) in [6, 6.07) is 4.40. The fourth-order valence-corrected chi connectivity index (χ4v) is 3.71. The predicted molar refractivity (Wildman–Crippen MR) is 120 cm³/mol. The predicted octanol–water partition coefficient (Wildman–Crippen LogP) is -2.14. The molecular weight excluding hydrogens is 446 g/mol. The van der Waals surface area contributed by atoms with E-state index < -0.39 is 60.4 Å². The number of nitrogens with two attached hydrogens (primary N) is 2. The van der Waals surface area contributed by atoms with E-state index in [-0.39, 0.29) is 25.8 Å². The zero-order chi connectivity index (χ0) is 25.3. The highest BCUT2D eigenvalue weighted by atomic mass is 16.4. The number of rotatable bonds is 12. The molecule has 12 heteroatoms. The van der Waals surface area contributed by atoms with Crippen molar-refractivity contribution >= 4 is 29.6 Å². The van der Waals surface area contributed by atoms with Gasteiger partial charge in [-0.2, -0.15) is 0 Å². The molecule has 0 radical (unpaired) electrons. The Hall–Kier alpha value is -3.51. The summed E-state index contributed by atoms with van der Waals surface area (Å²) in [6.07, 6.45) is 0.868.